The number of amides is 1. The predicted molar refractivity (Wildman–Crippen MR) is 106 cm³/mol. The van der Waals surface area contributed by atoms with E-state index in [2.05, 4.69) is 31.3 Å². The van der Waals surface area contributed by atoms with E-state index in [4.69, 9.17) is 14.2 Å². The quantitative estimate of drug-likeness (QED) is 0.598. The summed E-state index contributed by atoms with van der Waals surface area (Å²) >= 11 is 0. The molecule has 0 saturated carbocycles. The number of rotatable bonds is 7. The van der Waals surface area contributed by atoms with Gasteiger partial charge in [0.2, 0.25) is 0 Å². The number of methoxy groups -OCH3 is 2. The van der Waals surface area contributed by atoms with Crippen LogP contribution in [0.3, 0.4) is 0 Å². The van der Waals surface area contributed by atoms with E-state index in [1.165, 1.54) is 6.21 Å². The highest BCUT2D eigenvalue weighted by Crippen LogP contribution is 2.30. The highest BCUT2D eigenvalue weighted by Gasteiger charge is 2.18. The molecule has 0 aliphatic carbocycles. The molecule has 0 fully saturated rings. The smallest absolute Gasteiger partial charge is 0.277 e. The molecule has 2 aromatic rings. The summed E-state index contributed by atoms with van der Waals surface area (Å²) in [6.45, 7) is 6.18. The van der Waals surface area contributed by atoms with Gasteiger partial charge in [0.1, 0.15) is 5.75 Å². The van der Waals surface area contributed by atoms with Crippen LogP contribution in [-0.4, -0.2) is 32.9 Å². The van der Waals surface area contributed by atoms with E-state index in [0.29, 0.717) is 17.2 Å². The van der Waals surface area contributed by atoms with Crippen LogP contribution >= 0.6 is 0 Å². The van der Waals surface area contributed by atoms with Gasteiger partial charge in [-0.3, -0.25) is 4.79 Å². The minimum atomic E-state index is -0.338. The first-order chi connectivity index (χ1) is 12.8. The van der Waals surface area contributed by atoms with Crippen LogP contribution in [0.5, 0.6) is 17.2 Å². The second-order valence-electron chi connectivity index (χ2n) is 6.94. The molecular weight excluding hydrogens is 344 g/mol. The maximum atomic E-state index is 12.0. The van der Waals surface area contributed by atoms with E-state index < -0.39 is 0 Å². The van der Waals surface area contributed by atoms with Crippen molar-refractivity contribution in [1.82, 2.24) is 5.43 Å². The molecule has 0 saturated heterocycles. The summed E-state index contributed by atoms with van der Waals surface area (Å²) in [5.41, 5.74) is 4.21. The number of ether oxygens (including phenoxy) is 3. The predicted octanol–water partition coefficient (Wildman–Crippen LogP) is 3.53. The molecule has 2 aromatic carbocycles. The Labute approximate surface area is 160 Å². The molecule has 0 aliphatic heterocycles. The molecule has 0 bridgehead atoms. The lowest BCUT2D eigenvalue weighted by molar-refractivity contribution is -0.123. The van der Waals surface area contributed by atoms with E-state index in [1.807, 2.05) is 30.3 Å². The van der Waals surface area contributed by atoms with Crippen molar-refractivity contribution in [3.8, 4) is 17.2 Å². The Hall–Kier alpha value is -3.02. The number of hydrogen-bond acceptors (Lipinski definition) is 5. The summed E-state index contributed by atoms with van der Waals surface area (Å²) < 4.78 is 16.1. The molecule has 2 rings (SSSR count). The van der Waals surface area contributed by atoms with Gasteiger partial charge in [-0.05, 0) is 40.8 Å². The van der Waals surface area contributed by atoms with Crippen LogP contribution in [0.1, 0.15) is 31.9 Å². The van der Waals surface area contributed by atoms with Gasteiger partial charge in [-0.1, -0.05) is 39.0 Å². The average molecular weight is 370 g/mol. The zero-order valence-corrected chi connectivity index (χ0v) is 16.4. The number of para-hydroxylation sites is 1. The molecule has 1 amide bonds. The third-order valence-corrected chi connectivity index (χ3v) is 3.86. The van der Waals surface area contributed by atoms with Crippen molar-refractivity contribution in [1.29, 1.82) is 0 Å². The second-order valence-corrected chi connectivity index (χ2v) is 6.94. The molecule has 0 unspecified atom stereocenters. The fourth-order valence-corrected chi connectivity index (χ4v) is 2.50. The van der Waals surface area contributed by atoms with E-state index in [1.54, 1.807) is 26.4 Å². The van der Waals surface area contributed by atoms with Crippen LogP contribution in [0.4, 0.5) is 0 Å². The molecule has 0 aliphatic rings. The first-order valence-electron chi connectivity index (χ1n) is 8.61. The maximum Gasteiger partial charge on any atom is 0.277 e. The van der Waals surface area contributed by atoms with E-state index >= 15 is 0 Å². The second kappa shape index (κ2) is 9.07. The van der Waals surface area contributed by atoms with Crippen molar-refractivity contribution in [2.45, 2.75) is 26.2 Å². The Balaban J connectivity index is 1.93. The van der Waals surface area contributed by atoms with Crippen molar-refractivity contribution in [2.75, 3.05) is 20.8 Å². The maximum absolute atomic E-state index is 12.0. The highest BCUT2D eigenvalue weighted by atomic mass is 16.5. The molecule has 0 aromatic heterocycles. The van der Waals surface area contributed by atoms with E-state index in [0.717, 1.165) is 11.1 Å². The zero-order chi connectivity index (χ0) is 19.9. The monoisotopic (exact) mass is 370 g/mol. The Kier molecular flexibility index (Phi) is 6.82. The molecule has 144 valence electrons. The van der Waals surface area contributed by atoms with Crippen LogP contribution in [0, 0.1) is 0 Å². The van der Waals surface area contributed by atoms with Crippen molar-refractivity contribution < 1.29 is 19.0 Å². The normalized spacial score (nSPS) is 11.3. The zero-order valence-electron chi connectivity index (χ0n) is 16.4. The lowest BCUT2D eigenvalue weighted by atomic mass is 9.86. The summed E-state index contributed by atoms with van der Waals surface area (Å²) in [5.74, 6) is 1.58. The fourth-order valence-electron chi connectivity index (χ4n) is 2.50. The summed E-state index contributed by atoms with van der Waals surface area (Å²) in [5, 5.41) is 3.95. The Morgan fingerprint density at radius 1 is 1.04 bits per heavy atom. The molecule has 1 N–H and O–H groups in total. The Morgan fingerprint density at radius 3 is 2.41 bits per heavy atom. The molecule has 27 heavy (non-hydrogen) atoms. The van der Waals surface area contributed by atoms with Crippen LogP contribution in [-0.2, 0) is 10.2 Å². The van der Waals surface area contributed by atoms with Gasteiger partial charge in [-0.25, -0.2) is 5.43 Å². The third kappa shape index (κ3) is 5.74. The Bertz CT molecular complexity index is 810. The molecular formula is C21H26N2O4. The van der Waals surface area contributed by atoms with Crippen LogP contribution in [0.15, 0.2) is 47.6 Å². The largest absolute Gasteiger partial charge is 0.493 e. The molecule has 6 nitrogen and oxygen atoms in total. The molecule has 0 spiro atoms. The van der Waals surface area contributed by atoms with Crippen LogP contribution in [0.2, 0.25) is 0 Å². The molecule has 0 atom stereocenters. The van der Waals surface area contributed by atoms with Crippen LogP contribution < -0.4 is 19.6 Å². The first-order valence-corrected chi connectivity index (χ1v) is 8.61. The van der Waals surface area contributed by atoms with Gasteiger partial charge >= 0.3 is 0 Å². The number of nitrogens with one attached hydrogen (secondary N) is 1. The SMILES string of the molecule is COc1ccc(C=NNC(=O)COc2ccccc2C(C)(C)C)cc1OC. The topological polar surface area (TPSA) is 69.2 Å². The van der Waals surface area contributed by atoms with Gasteiger partial charge in [0.25, 0.3) is 5.91 Å². The minimum absolute atomic E-state index is 0.0708. The van der Waals surface area contributed by atoms with Gasteiger partial charge < -0.3 is 14.2 Å². The summed E-state index contributed by atoms with van der Waals surface area (Å²) in [6, 6.07) is 13.1. The number of carbonyl (C=O) groups is 1. The summed E-state index contributed by atoms with van der Waals surface area (Å²) in [6.07, 6.45) is 1.53. The number of hydrogen-bond donors (Lipinski definition) is 1. The van der Waals surface area contributed by atoms with Gasteiger partial charge in [-0.15, -0.1) is 0 Å². The molecule has 6 heteroatoms. The minimum Gasteiger partial charge on any atom is -0.493 e. The molecule has 0 heterocycles. The highest BCUT2D eigenvalue weighted by molar-refractivity contribution is 5.83. The summed E-state index contributed by atoms with van der Waals surface area (Å²) in [7, 11) is 3.14. The third-order valence-electron chi connectivity index (χ3n) is 3.86. The van der Waals surface area contributed by atoms with E-state index in [-0.39, 0.29) is 17.9 Å². The summed E-state index contributed by atoms with van der Waals surface area (Å²) in [4.78, 5) is 12.0. The number of nitrogens with zero attached hydrogens (tertiary/aromatic N) is 1. The van der Waals surface area contributed by atoms with Gasteiger partial charge in [0.15, 0.2) is 18.1 Å². The number of carbonyl (C=O) groups excluding carboxylic acids is 1. The van der Waals surface area contributed by atoms with Gasteiger partial charge in [-0.2, -0.15) is 5.10 Å². The fraction of sp³-hybridized carbons (Fsp3) is 0.333. The van der Waals surface area contributed by atoms with Crippen molar-refractivity contribution >= 4 is 12.1 Å². The van der Waals surface area contributed by atoms with E-state index in [9.17, 15) is 4.79 Å². The number of hydrazone groups is 1. The average Bonchev–Trinajstić information content (AvgIpc) is 2.65. The van der Waals surface area contributed by atoms with Gasteiger partial charge in [0.05, 0.1) is 20.4 Å². The van der Waals surface area contributed by atoms with Crippen LogP contribution in [0.25, 0.3) is 0 Å². The van der Waals surface area contributed by atoms with Crippen molar-refractivity contribution in [2.24, 2.45) is 5.10 Å². The lowest BCUT2D eigenvalue weighted by Gasteiger charge is -2.22. The standard InChI is InChI=1S/C21H26N2O4/c1-21(2,3)16-8-6-7-9-17(16)27-14-20(24)23-22-13-15-10-11-18(25-4)19(12-15)26-5/h6-13H,14H2,1-5H3,(H,23,24). The first kappa shape index (κ1) is 20.3. The number of benzene rings is 2. The van der Waals surface area contributed by atoms with Crippen molar-refractivity contribution in [3.63, 3.8) is 0 Å². The lowest BCUT2D eigenvalue weighted by Crippen LogP contribution is -2.25. The van der Waals surface area contributed by atoms with Gasteiger partial charge in [0, 0.05) is 0 Å². The molecule has 0 radical (unpaired) electrons. The van der Waals surface area contributed by atoms with Crippen molar-refractivity contribution in [3.05, 3.63) is 53.6 Å². The Morgan fingerprint density at radius 2 is 1.74 bits per heavy atom.